The molecule has 2 aromatic rings. The number of hydrogen-bond donors (Lipinski definition) is 1. The maximum Gasteiger partial charge on any atom is 0.123 e. The summed E-state index contributed by atoms with van der Waals surface area (Å²) in [6.45, 7) is 3.00. The standard InChI is InChI=1S/C15H17BrClNOS/c1-3-18-14(8-12-6-10(16)9-20-12)13-7-11(17)4-5-15(13)19-2/h4-7,9,14,18H,3,8H2,1-2H3. The SMILES string of the molecule is CCNC(Cc1cc(Br)cs1)c1cc(Cl)ccc1OC. The van der Waals surface area contributed by atoms with E-state index in [0.29, 0.717) is 0 Å². The van der Waals surface area contributed by atoms with Gasteiger partial charge in [-0.1, -0.05) is 18.5 Å². The molecular weight excluding hydrogens is 358 g/mol. The molecule has 1 aromatic carbocycles. The number of thiophene rings is 1. The van der Waals surface area contributed by atoms with Crippen molar-refractivity contribution >= 4 is 38.9 Å². The van der Waals surface area contributed by atoms with E-state index in [-0.39, 0.29) is 6.04 Å². The lowest BCUT2D eigenvalue weighted by molar-refractivity contribution is 0.399. The first-order chi connectivity index (χ1) is 9.63. The second-order valence-electron chi connectivity index (χ2n) is 4.43. The first kappa shape index (κ1) is 15.8. The van der Waals surface area contributed by atoms with Gasteiger partial charge in [0.05, 0.1) is 7.11 Å². The molecule has 0 aliphatic carbocycles. The molecule has 0 spiro atoms. The molecule has 1 N–H and O–H groups in total. The van der Waals surface area contributed by atoms with E-state index in [1.807, 2.05) is 18.2 Å². The Hall–Kier alpha value is -0.550. The van der Waals surface area contributed by atoms with Crippen molar-refractivity contribution in [3.05, 3.63) is 49.6 Å². The highest BCUT2D eigenvalue weighted by Gasteiger charge is 2.17. The number of methoxy groups -OCH3 is 1. The normalized spacial score (nSPS) is 12.4. The molecule has 2 rings (SSSR count). The van der Waals surface area contributed by atoms with Gasteiger partial charge in [0, 0.05) is 37.8 Å². The first-order valence-corrected chi connectivity index (χ1v) is 8.48. The van der Waals surface area contributed by atoms with Crippen LogP contribution in [0.25, 0.3) is 0 Å². The number of likely N-dealkylation sites (N-methyl/N-ethyl adjacent to an activating group) is 1. The van der Waals surface area contributed by atoms with E-state index in [1.165, 1.54) is 4.88 Å². The highest BCUT2D eigenvalue weighted by molar-refractivity contribution is 9.10. The van der Waals surface area contributed by atoms with Gasteiger partial charge in [0.1, 0.15) is 5.75 Å². The molecule has 0 saturated heterocycles. The maximum atomic E-state index is 6.14. The summed E-state index contributed by atoms with van der Waals surface area (Å²) < 4.78 is 6.60. The van der Waals surface area contributed by atoms with E-state index in [2.05, 4.69) is 39.6 Å². The van der Waals surface area contributed by atoms with Crippen LogP contribution in [0.1, 0.15) is 23.4 Å². The van der Waals surface area contributed by atoms with Crippen molar-refractivity contribution in [1.29, 1.82) is 0 Å². The van der Waals surface area contributed by atoms with Gasteiger partial charge in [0.25, 0.3) is 0 Å². The fourth-order valence-electron chi connectivity index (χ4n) is 2.18. The van der Waals surface area contributed by atoms with Gasteiger partial charge in [0.15, 0.2) is 0 Å². The van der Waals surface area contributed by atoms with Crippen molar-refractivity contribution in [3.63, 3.8) is 0 Å². The molecule has 0 aliphatic rings. The van der Waals surface area contributed by atoms with Crippen molar-refractivity contribution in [2.24, 2.45) is 0 Å². The molecule has 0 amide bonds. The van der Waals surface area contributed by atoms with Gasteiger partial charge in [-0.25, -0.2) is 0 Å². The quantitative estimate of drug-likeness (QED) is 0.762. The molecule has 0 radical (unpaired) electrons. The molecule has 0 saturated carbocycles. The molecule has 1 aromatic heterocycles. The minimum absolute atomic E-state index is 0.194. The van der Waals surface area contributed by atoms with E-state index in [4.69, 9.17) is 16.3 Å². The van der Waals surface area contributed by atoms with Gasteiger partial charge >= 0.3 is 0 Å². The van der Waals surface area contributed by atoms with Crippen LogP contribution in [-0.2, 0) is 6.42 Å². The van der Waals surface area contributed by atoms with Crippen LogP contribution in [0, 0.1) is 0 Å². The third kappa shape index (κ3) is 3.98. The molecule has 0 bridgehead atoms. The van der Waals surface area contributed by atoms with Gasteiger partial charge in [-0.3, -0.25) is 0 Å². The highest BCUT2D eigenvalue weighted by Crippen LogP contribution is 2.32. The second-order valence-corrected chi connectivity index (χ2v) is 6.78. The van der Waals surface area contributed by atoms with E-state index in [0.717, 1.165) is 33.8 Å². The van der Waals surface area contributed by atoms with E-state index in [1.54, 1.807) is 18.4 Å². The number of hydrogen-bond acceptors (Lipinski definition) is 3. The Morgan fingerprint density at radius 3 is 2.80 bits per heavy atom. The summed E-state index contributed by atoms with van der Waals surface area (Å²) >= 11 is 11.4. The molecule has 2 nitrogen and oxygen atoms in total. The Labute approximate surface area is 137 Å². The molecular formula is C15H17BrClNOS. The Balaban J connectivity index is 2.30. The van der Waals surface area contributed by atoms with Crippen LogP contribution in [0.15, 0.2) is 34.1 Å². The minimum atomic E-state index is 0.194. The van der Waals surface area contributed by atoms with Crippen LogP contribution in [0.4, 0.5) is 0 Å². The average Bonchev–Trinajstić information content (AvgIpc) is 2.84. The minimum Gasteiger partial charge on any atom is -0.496 e. The van der Waals surface area contributed by atoms with Gasteiger partial charge in [-0.15, -0.1) is 11.3 Å². The third-order valence-electron chi connectivity index (χ3n) is 3.04. The topological polar surface area (TPSA) is 21.3 Å². The van der Waals surface area contributed by atoms with Crippen molar-refractivity contribution in [3.8, 4) is 5.75 Å². The summed E-state index contributed by atoms with van der Waals surface area (Å²) in [4.78, 5) is 1.32. The summed E-state index contributed by atoms with van der Waals surface area (Å²) in [5.41, 5.74) is 1.10. The third-order valence-corrected chi connectivity index (χ3v) is 5.00. The lowest BCUT2D eigenvalue weighted by atomic mass is 10.0. The van der Waals surface area contributed by atoms with Gasteiger partial charge in [0.2, 0.25) is 0 Å². The Morgan fingerprint density at radius 2 is 2.20 bits per heavy atom. The van der Waals surface area contributed by atoms with Crippen LogP contribution in [0.2, 0.25) is 5.02 Å². The molecule has 1 atom stereocenters. The zero-order valence-electron chi connectivity index (χ0n) is 11.5. The molecule has 20 heavy (non-hydrogen) atoms. The fraction of sp³-hybridized carbons (Fsp3) is 0.333. The summed E-state index contributed by atoms with van der Waals surface area (Å²) in [5, 5.41) is 6.35. The Morgan fingerprint density at radius 1 is 1.40 bits per heavy atom. The van der Waals surface area contributed by atoms with Crippen molar-refractivity contribution in [2.45, 2.75) is 19.4 Å². The molecule has 1 heterocycles. The number of halogens is 2. The number of rotatable bonds is 6. The van der Waals surface area contributed by atoms with E-state index < -0.39 is 0 Å². The first-order valence-electron chi connectivity index (χ1n) is 6.43. The largest absolute Gasteiger partial charge is 0.496 e. The van der Waals surface area contributed by atoms with Crippen molar-refractivity contribution < 1.29 is 4.74 Å². The monoisotopic (exact) mass is 373 g/mol. The van der Waals surface area contributed by atoms with Crippen molar-refractivity contribution in [1.82, 2.24) is 5.32 Å². The lowest BCUT2D eigenvalue weighted by Gasteiger charge is -2.20. The number of nitrogens with one attached hydrogen (secondary N) is 1. The predicted molar refractivity (Wildman–Crippen MR) is 90.1 cm³/mol. The van der Waals surface area contributed by atoms with E-state index in [9.17, 15) is 0 Å². The zero-order valence-corrected chi connectivity index (χ0v) is 14.6. The van der Waals surface area contributed by atoms with Crippen LogP contribution in [0.3, 0.4) is 0 Å². The predicted octanol–water partition coefficient (Wildman–Crippen LogP) is 5.07. The van der Waals surface area contributed by atoms with Crippen LogP contribution in [0.5, 0.6) is 5.75 Å². The summed E-state index contributed by atoms with van der Waals surface area (Å²) in [7, 11) is 1.69. The Bertz CT molecular complexity index is 573. The Kier molecular flexibility index (Phi) is 5.90. The van der Waals surface area contributed by atoms with Crippen LogP contribution < -0.4 is 10.1 Å². The van der Waals surface area contributed by atoms with Gasteiger partial charge in [-0.05, 0) is 46.7 Å². The molecule has 5 heteroatoms. The van der Waals surface area contributed by atoms with Crippen LogP contribution >= 0.6 is 38.9 Å². The van der Waals surface area contributed by atoms with Crippen LogP contribution in [-0.4, -0.2) is 13.7 Å². The number of benzene rings is 1. The van der Waals surface area contributed by atoms with Crippen molar-refractivity contribution in [2.75, 3.05) is 13.7 Å². The lowest BCUT2D eigenvalue weighted by Crippen LogP contribution is -2.23. The smallest absolute Gasteiger partial charge is 0.123 e. The summed E-state index contributed by atoms with van der Waals surface area (Å²) in [6, 6.07) is 8.11. The number of ether oxygens (including phenoxy) is 1. The second kappa shape index (κ2) is 7.46. The van der Waals surface area contributed by atoms with Gasteiger partial charge < -0.3 is 10.1 Å². The van der Waals surface area contributed by atoms with Gasteiger partial charge in [-0.2, -0.15) is 0 Å². The fourth-order valence-corrected chi connectivity index (χ4v) is 3.86. The molecule has 0 fully saturated rings. The maximum absolute atomic E-state index is 6.14. The zero-order chi connectivity index (χ0) is 14.5. The molecule has 0 aliphatic heterocycles. The molecule has 108 valence electrons. The summed E-state index contributed by atoms with van der Waals surface area (Å²) in [6.07, 6.45) is 0.917. The average molecular weight is 375 g/mol. The summed E-state index contributed by atoms with van der Waals surface area (Å²) in [5.74, 6) is 0.871. The highest BCUT2D eigenvalue weighted by atomic mass is 79.9. The molecule has 1 unspecified atom stereocenters. The van der Waals surface area contributed by atoms with E-state index >= 15 is 0 Å².